The van der Waals surface area contributed by atoms with E-state index in [4.69, 9.17) is 9.97 Å². The predicted molar refractivity (Wildman–Crippen MR) is 186 cm³/mol. The number of thiophene rings is 1. The minimum Gasteiger partial charge on any atom is -0.278 e. The zero-order valence-corrected chi connectivity index (χ0v) is 24.5. The van der Waals surface area contributed by atoms with Gasteiger partial charge in [-0.15, -0.1) is 11.3 Å². The molecule has 0 unspecified atom stereocenters. The van der Waals surface area contributed by atoms with Gasteiger partial charge in [-0.05, 0) is 35.4 Å². The molecule has 0 amide bonds. The maximum Gasteiger partial charge on any atom is 0.235 e. The van der Waals surface area contributed by atoms with Crippen molar-refractivity contribution in [2.24, 2.45) is 0 Å². The van der Waals surface area contributed by atoms with Crippen molar-refractivity contribution in [1.29, 1.82) is 0 Å². The Morgan fingerprint density at radius 3 is 1.70 bits per heavy atom. The first-order valence-corrected chi connectivity index (χ1v) is 15.6. The van der Waals surface area contributed by atoms with E-state index in [0.29, 0.717) is 5.95 Å². The summed E-state index contributed by atoms with van der Waals surface area (Å²) < 4.78 is 4.85. The van der Waals surface area contributed by atoms with Gasteiger partial charge in [0.2, 0.25) is 5.95 Å². The van der Waals surface area contributed by atoms with Crippen LogP contribution < -0.4 is 0 Å². The van der Waals surface area contributed by atoms with Crippen LogP contribution in [-0.4, -0.2) is 14.5 Å². The van der Waals surface area contributed by atoms with Crippen molar-refractivity contribution in [1.82, 2.24) is 14.5 Å². The molecule has 3 nitrogen and oxygen atoms in total. The van der Waals surface area contributed by atoms with Crippen LogP contribution in [0.5, 0.6) is 0 Å². The Hall–Kier alpha value is -5.58. The molecule has 3 heterocycles. The predicted octanol–water partition coefficient (Wildman–Crippen LogP) is 10.9. The number of rotatable bonds is 4. The Labute approximate surface area is 258 Å². The van der Waals surface area contributed by atoms with Gasteiger partial charge < -0.3 is 0 Å². The van der Waals surface area contributed by atoms with Crippen LogP contribution in [0, 0.1) is 0 Å². The fraction of sp³-hybridized carbons (Fsp3) is 0. The van der Waals surface area contributed by atoms with Crippen molar-refractivity contribution in [3.63, 3.8) is 0 Å². The molecule has 3 aromatic heterocycles. The number of aromatic nitrogens is 3. The standard InChI is InChI=1S/C40H25N3S/c1-4-12-26(13-5-1)29-20-21-32-36(24-29)43(35-23-22-31-30-18-10-11-19-37(30)44-39(31)38(32)35)40-41-33(27-14-6-2-7-15-27)25-34(42-40)28-16-8-3-9-17-28/h1-25H. The van der Waals surface area contributed by atoms with E-state index in [1.807, 2.05) is 23.5 Å². The van der Waals surface area contributed by atoms with Crippen molar-refractivity contribution in [3.05, 3.63) is 152 Å². The molecule has 0 spiro atoms. The van der Waals surface area contributed by atoms with Gasteiger partial charge in [0.05, 0.1) is 22.4 Å². The van der Waals surface area contributed by atoms with E-state index in [0.717, 1.165) is 39.1 Å². The fourth-order valence-electron chi connectivity index (χ4n) is 6.36. The van der Waals surface area contributed by atoms with Gasteiger partial charge in [-0.1, -0.05) is 127 Å². The van der Waals surface area contributed by atoms with E-state index in [2.05, 4.69) is 144 Å². The monoisotopic (exact) mass is 579 g/mol. The highest BCUT2D eigenvalue weighted by Crippen LogP contribution is 2.44. The summed E-state index contributed by atoms with van der Waals surface area (Å²) >= 11 is 1.86. The highest BCUT2D eigenvalue weighted by molar-refractivity contribution is 7.26. The summed E-state index contributed by atoms with van der Waals surface area (Å²) in [7, 11) is 0. The van der Waals surface area contributed by atoms with Crippen LogP contribution in [0.4, 0.5) is 0 Å². The quantitative estimate of drug-likeness (QED) is 0.208. The third-order valence-electron chi connectivity index (χ3n) is 8.43. The number of nitrogens with zero attached hydrogens (tertiary/aromatic N) is 3. The van der Waals surface area contributed by atoms with Crippen LogP contribution in [0.15, 0.2) is 152 Å². The van der Waals surface area contributed by atoms with Crippen molar-refractivity contribution in [2.75, 3.05) is 0 Å². The number of hydrogen-bond donors (Lipinski definition) is 0. The van der Waals surface area contributed by atoms with E-state index < -0.39 is 0 Å². The lowest BCUT2D eigenvalue weighted by molar-refractivity contribution is 0.996. The van der Waals surface area contributed by atoms with Gasteiger partial charge in [0.1, 0.15) is 0 Å². The Morgan fingerprint density at radius 2 is 1.02 bits per heavy atom. The molecule has 9 rings (SSSR count). The minimum absolute atomic E-state index is 0.663. The van der Waals surface area contributed by atoms with Crippen LogP contribution in [0.3, 0.4) is 0 Å². The lowest BCUT2D eigenvalue weighted by Crippen LogP contribution is -2.04. The third kappa shape index (κ3) is 3.96. The molecule has 0 radical (unpaired) electrons. The topological polar surface area (TPSA) is 30.7 Å². The summed E-state index contributed by atoms with van der Waals surface area (Å²) in [5.74, 6) is 0.663. The molecule has 4 heteroatoms. The lowest BCUT2D eigenvalue weighted by atomic mass is 10.0. The molecule has 0 N–H and O–H groups in total. The SMILES string of the molecule is c1ccc(-c2ccc3c4c5sc6ccccc6c5ccc4n(-c4nc(-c5ccccc5)cc(-c5ccccc5)n4)c3c2)cc1. The maximum absolute atomic E-state index is 5.25. The van der Waals surface area contributed by atoms with Crippen LogP contribution in [-0.2, 0) is 0 Å². The lowest BCUT2D eigenvalue weighted by Gasteiger charge is -2.12. The molecule has 0 aliphatic rings. The normalized spacial score (nSPS) is 11.6. The second-order valence-corrected chi connectivity index (χ2v) is 12.1. The van der Waals surface area contributed by atoms with E-state index in [1.165, 1.54) is 36.5 Å². The Bertz CT molecular complexity index is 2420. The molecule has 0 fully saturated rings. The van der Waals surface area contributed by atoms with Crippen molar-refractivity contribution < 1.29 is 0 Å². The summed E-state index contributed by atoms with van der Waals surface area (Å²) in [5.41, 5.74) is 8.46. The van der Waals surface area contributed by atoms with Crippen LogP contribution in [0.2, 0.25) is 0 Å². The molecule has 206 valence electrons. The summed E-state index contributed by atoms with van der Waals surface area (Å²) in [6.07, 6.45) is 0. The van der Waals surface area contributed by atoms with Crippen molar-refractivity contribution >= 4 is 53.3 Å². The van der Waals surface area contributed by atoms with Gasteiger partial charge in [-0.25, -0.2) is 9.97 Å². The van der Waals surface area contributed by atoms with Gasteiger partial charge >= 0.3 is 0 Å². The van der Waals surface area contributed by atoms with Gasteiger partial charge in [0.15, 0.2) is 0 Å². The third-order valence-corrected chi connectivity index (χ3v) is 9.64. The van der Waals surface area contributed by atoms with Crippen molar-refractivity contribution in [2.45, 2.75) is 0 Å². The molecule has 0 atom stereocenters. The van der Waals surface area contributed by atoms with E-state index in [9.17, 15) is 0 Å². The van der Waals surface area contributed by atoms with E-state index >= 15 is 0 Å². The molecule has 0 saturated carbocycles. The summed E-state index contributed by atoms with van der Waals surface area (Å²) in [4.78, 5) is 10.5. The largest absolute Gasteiger partial charge is 0.278 e. The van der Waals surface area contributed by atoms with Crippen LogP contribution >= 0.6 is 11.3 Å². The average Bonchev–Trinajstić information content (AvgIpc) is 3.64. The van der Waals surface area contributed by atoms with Gasteiger partial charge in [0.25, 0.3) is 0 Å². The van der Waals surface area contributed by atoms with E-state index in [1.54, 1.807) is 0 Å². The molecule has 0 aliphatic carbocycles. The zero-order chi connectivity index (χ0) is 29.0. The Kier molecular flexibility index (Phi) is 5.68. The molecule has 0 saturated heterocycles. The zero-order valence-electron chi connectivity index (χ0n) is 23.7. The Morgan fingerprint density at radius 1 is 0.432 bits per heavy atom. The highest BCUT2D eigenvalue weighted by atomic mass is 32.1. The van der Waals surface area contributed by atoms with Crippen LogP contribution in [0.1, 0.15) is 0 Å². The minimum atomic E-state index is 0.663. The number of benzene rings is 6. The smallest absolute Gasteiger partial charge is 0.235 e. The molecule has 0 bridgehead atoms. The maximum atomic E-state index is 5.25. The first-order valence-electron chi connectivity index (χ1n) is 14.8. The molecule has 44 heavy (non-hydrogen) atoms. The van der Waals surface area contributed by atoms with Gasteiger partial charge in [-0.2, -0.15) is 0 Å². The second kappa shape index (κ2) is 10.0. The second-order valence-electron chi connectivity index (χ2n) is 11.0. The van der Waals surface area contributed by atoms with E-state index in [-0.39, 0.29) is 0 Å². The summed E-state index contributed by atoms with van der Waals surface area (Å²) in [6, 6.07) is 53.5. The molecule has 9 aromatic rings. The average molecular weight is 580 g/mol. The Balaban J connectivity index is 1.41. The molecular formula is C40H25N3S. The first-order chi connectivity index (χ1) is 21.8. The molecule has 0 aliphatic heterocycles. The number of fused-ring (bicyclic) bond motifs is 7. The van der Waals surface area contributed by atoms with Gasteiger partial charge in [-0.3, -0.25) is 4.57 Å². The summed E-state index contributed by atoms with van der Waals surface area (Å²) in [6.45, 7) is 0. The van der Waals surface area contributed by atoms with Gasteiger partial charge in [0, 0.05) is 42.1 Å². The molecule has 6 aromatic carbocycles. The van der Waals surface area contributed by atoms with Crippen LogP contribution in [0.25, 0.3) is 81.6 Å². The fourth-order valence-corrected chi connectivity index (χ4v) is 7.62. The number of hydrogen-bond acceptors (Lipinski definition) is 3. The first kappa shape index (κ1) is 25.0. The highest BCUT2D eigenvalue weighted by Gasteiger charge is 2.20. The molecular weight excluding hydrogens is 555 g/mol. The van der Waals surface area contributed by atoms with Crippen molar-refractivity contribution in [3.8, 4) is 39.6 Å². The summed E-state index contributed by atoms with van der Waals surface area (Å²) in [5, 5.41) is 5.03.